The van der Waals surface area contributed by atoms with Crippen molar-refractivity contribution in [1.29, 1.82) is 0 Å². The summed E-state index contributed by atoms with van der Waals surface area (Å²) >= 11 is 6.28. The molecule has 0 saturated heterocycles. The van der Waals surface area contributed by atoms with Crippen LogP contribution in [0.3, 0.4) is 0 Å². The average molecular weight is 286 g/mol. The van der Waals surface area contributed by atoms with Gasteiger partial charge in [-0.25, -0.2) is 0 Å². The number of nitrogens with two attached hydrogens (primary N) is 1. The van der Waals surface area contributed by atoms with Gasteiger partial charge in [-0.2, -0.15) is 5.10 Å². The van der Waals surface area contributed by atoms with Gasteiger partial charge in [-0.05, 0) is 26.7 Å². The van der Waals surface area contributed by atoms with Gasteiger partial charge < -0.3 is 10.5 Å². The van der Waals surface area contributed by atoms with Crippen LogP contribution in [0.5, 0.6) is 0 Å². The van der Waals surface area contributed by atoms with Crippen molar-refractivity contribution in [2.45, 2.75) is 64.1 Å². The third-order valence-electron chi connectivity index (χ3n) is 4.13. The van der Waals surface area contributed by atoms with E-state index in [1.807, 2.05) is 18.5 Å². The number of hydrogen-bond donors (Lipinski definition) is 1. The van der Waals surface area contributed by atoms with E-state index < -0.39 is 0 Å². The van der Waals surface area contributed by atoms with E-state index in [2.05, 4.69) is 5.10 Å². The maximum atomic E-state index is 6.54. The molecule has 1 atom stereocenters. The Hall–Kier alpha value is -0.580. The lowest BCUT2D eigenvalue weighted by atomic mass is 9.78. The lowest BCUT2D eigenvalue weighted by Crippen LogP contribution is -2.46. The summed E-state index contributed by atoms with van der Waals surface area (Å²) in [6, 6.07) is -0.206. The van der Waals surface area contributed by atoms with Crippen molar-refractivity contribution in [3.05, 3.63) is 16.9 Å². The molecule has 5 heteroatoms. The first-order chi connectivity index (χ1) is 9.14. The number of halogens is 1. The Morgan fingerprint density at radius 2 is 2.11 bits per heavy atom. The van der Waals surface area contributed by atoms with Crippen molar-refractivity contribution in [3.63, 3.8) is 0 Å². The monoisotopic (exact) mass is 285 g/mol. The summed E-state index contributed by atoms with van der Waals surface area (Å²) in [6.45, 7) is 5.54. The van der Waals surface area contributed by atoms with Gasteiger partial charge in [0.2, 0.25) is 0 Å². The summed E-state index contributed by atoms with van der Waals surface area (Å²) < 4.78 is 7.98. The molecule has 1 aromatic rings. The van der Waals surface area contributed by atoms with Crippen LogP contribution in [0.1, 0.15) is 57.7 Å². The highest BCUT2D eigenvalue weighted by Crippen LogP contribution is 2.41. The molecule has 4 nitrogen and oxygen atoms in total. The van der Waals surface area contributed by atoms with Crippen LogP contribution in [0, 0.1) is 0 Å². The molecular formula is C14H24ClN3O. The summed E-state index contributed by atoms with van der Waals surface area (Å²) in [5.41, 5.74) is 7.18. The molecule has 1 heterocycles. The second kappa shape index (κ2) is 6.25. The zero-order valence-corrected chi connectivity index (χ0v) is 12.6. The highest BCUT2D eigenvalue weighted by atomic mass is 35.5. The molecule has 19 heavy (non-hydrogen) atoms. The van der Waals surface area contributed by atoms with Gasteiger partial charge in [0.1, 0.15) is 0 Å². The fourth-order valence-electron chi connectivity index (χ4n) is 3.17. The Kier molecular flexibility index (Phi) is 4.87. The van der Waals surface area contributed by atoms with Gasteiger partial charge in [-0.3, -0.25) is 4.68 Å². The van der Waals surface area contributed by atoms with Crippen LogP contribution < -0.4 is 5.73 Å². The smallest absolute Gasteiger partial charge is 0.0889 e. The third-order valence-corrected chi connectivity index (χ3v) is 4.42. The Balaban J connectivity index is 2.32. The van der Waals surface area contributed by atoms with Crippen LogP contribution in [0.15, 0.2) is 6.20 Å². The number of hydrogen-bond acceptors (Lipinski definition) is 3. The first kappa shape index (κ1) is 14.8. The summed E-state index contributed by atoms with van der Waals surface area (Å²) in [5, 5.41) is 4.94. The molecular weight excluding hydrogens is 262 g/mol. The summed E-state index contributed by atoms with van der Waals surface area (Å²) in [5.74, 6) is 0. The quantitative estimate of drug-likeness (QED) is 0.903. The predicted octanol–water partition coefficient (Wildman–Crippen LogP) is 3.30. The van der Waals surface area contributed by atoms with Crippen molar-refractivity contribution in [1.82, 2.24) is 9.78 Å². The van der Waals surface area contributed by atoms with E-state index >= 15 is 0 Å². The van der Waals surface area contributed by atoms with Crippen LogP contribution in [0.2, 0.25) is 5.02 Å². The lowest BCUT2D eigenvalue weighted by molar-refractivity contribution is -0.0845. The van der Waals surface area contributed by atoms with Crippen molar-refractivity contribution in [2.24, 2.45) is 5.73 Å². The molecule has 0 amide bonds. The third kappa shape index (κ3) is 2.81. The highest BCUT2D eigenvalue weighted by molar-refractivity contribution is 6.31. The molecule has 1 fully saturated rings. The number of aryl methyl sites for hydroxylation is 1. The molecule has 0 aromatic carbocycles. The normalized spacial score (nSPS) is 20.4. The number of aromatic nitrogens is 2. The van der Waals surface area contributed by atoms with Crippen LogP contribution in [-0.2, 0) is 11.3 Å². The minimum absolute atomic E-state index is 0.206. The van der Waals surface area contributed by atoms with Crippen LogP contribution >= 0.6 is 11.6 Å². The molecule has 108 valence electrons. The minimum Gasteiger partial charge on any atom is -0.373 e. The first-order valence-corrected chi connectivity index (χ1v) is 7.63. The fourth-order valence-corrected chi connectivity index (χ4v) is 3.42. The molecule has 0 radical (unpaired) electrons. The van der Waals surface area contributed by atoms with Crippen molar-refractivity contribution in [3.8, 4) is 0 Å². The Bertz CT molecular complexity index is 407. The van der Waals surface area contributed by atoms with E-state index in [-0.39, 0.29) is 11.6 Å². The van der Waals surface area contributed by atoms with Crippen molar-refractivity contribution in [2.75, 3.05) is 6.61 Å². The Morgan fingerprint density at radius 1 is 1.42 bits per heavy atom. The largest absolute Gasteiger partial charge is 0.373 e. The summed E-state index contributed by atoms with van der Waals surface area (Å²) in [4.78, 5) is 0. The van der Waals surface area contributed by atoms with E-state index in [1.165, 1.54) is 19.3 Å². The SMILES string of the molecule is CCOC1(C(N)c2c(Cl)cnn2CC)CCCCC1. The Morgan fingerprint density at radius 3 is 2.68 bits per heavy atom. The lowest BCUT2D eigenvalue weighted by Gasteiger charge is -2.41. The molecule has 1 aromatic heterocycles. The van der Waals surface area contributed by atoms with Gasteiger partial charge in [0.15, 0.2) is 0 Å². The zero-order valence-electron chi connectivity index (χ0n) is 11.9. The van der Waals surface area contributed by atoms with E-state index in [0.29, 0.717) is 11.6 Å². The molecule has 1 aliphatic carbocycles. The minimum atomic E-state index is -0.274. The maximum absolute atomic E-state index is 6.54. The van der Waals surface area contributed by atoms with Gasteiger partial charge in [0.25, 0.3) is 0 Å². The highest BCUT2D eigenvalue weighted by Gasteiger charge is 2.41. The van der Waals surface area contributed by atoms with Gasteiger partial charge in [0.05, 0.1) is 28.6 Å². The first-order valence-electron chi connectivity index (χ1n) is 7.25. The van der Waals surface area contributed by atoms with Gasteiger partial charge in [-0.15, -0.1) is 0 Å². The zero-order chi connectivity index (χ0) is 13.9. The Labute approximate surface area is 120 Å². The molecule has 1 unspecified atom stereocenters. The average Bonchev–Trinajstić information content (AvgIpc) is 2.80. The second-order valence-electron chi connectivity index (χ2n) is 5.23. The summed E-state index contributed by atoms with van der Waals surface area (Å²) in [6.07, 6.45) is 7.31. The maximum Gasteiger partial charge on any atom is 0.0889 e. The molecule has 1 saturated carbocycles. The van der Waals surface area contributed by atoms with Crippen molar-refractivity contribution >= 4 is 11.6 Å². The number of ether oxygens (including phenoxy) is 1. The number of rotatable bonds is 5. The molecule has 0 spiro atoms. The van der Waals surface area contributed by atoms with E-state index in [0.717, 1.165) is 25.1 Å². The molecule has 0 bridgehead atoms. The predicted molar refractivity (Wildman–Crippen MR) is 77.3 cm³/mol. The van der Waals surface area contributed by atoms with E-state index in [4.69, 9.17) is 22.1 Å². The molecule has 2 N–H and O–H groups in total. The van der Waals surface area contributed by atoms with Gasteiger partial charge >= 0.3 is 0 Å². The van der Waals surface area contributed by atoms with Crippen LogP contribution in [0.4, 0.5) is 0 Å². The summed E-state index contributed by atoms with van der Waals surface area (Å²) in [7, 11) is 0. The standard InChI is InChI=1S/C14H24ClN3O/c1-3-18-12(11(15)10-17-18)13(16)14(19-4-2)8-6-5-7-9-14/h10,13H,3-9,16H2,1-2H3. The van der Waals surface area contributed by atoms with E-state index in [9.17, 15) is 0 Å². The van der Waals surface area contributed by atoms with E-state index in [1.54, 1.807) is 6.20 Å². The fraction of sp³-hybridized carbons (Fsp3) is 0.786. The van der Waals surface area contributed by atoms with Gasteiger partial charge in [0, 0.05) is 13.2 Å². The second-order valence-corrected chi connectivity index (χ2v) is 5.64. The molecule has 0 aliphatic heterocycles. The topological polar surface area (TPSA) is 53.1 Å². The molecule has 1 aliphatic rings. The van der Waals surface area contributed by atoms with Gasteiger partial charge in [-0.1, -0.05) is 30.9 Å². The number of nitrogens with zero attached hydrogens (tertiary/aromatic N) is 2. The van der Waals surface area contributed by atoms with Crippen molar-refractivity contribution < 1.29 is 4.74 Å². The molecule has 2 rings (SSSR count). The van der Waals surface area contributed by atoms with Crippen LogP contribution in [0.25, 0.3) is 0 Å². The van der Waals surface area contributed by atoms with Crippen LogP contribution in [-0.4, -0.2) is 22.0 Å².